The van der Waals surface area contributed by atoms with E-state index in [4.69, 9.17) is 5.73 Å². The predicted octanol–water partition coefficient (Wildman–Crippen LogP) is 1.13. The van der Waals surface area contributed by atoms with Crippen molar-refractivity contribution in [3.63, 3.8) is 0 Å². The van der Waals surface area contributed by atoms with Crippen molar-refractivity contribution in [1.82, 2.24) is 5.32 Å². The molecule has 1 aromatic carbocycles. The first-order valence-corrected chi connectivity index (χ1v) is 5.00. The summed E-state index contributed by atoms with van der Waals surface area (Å²) < 4.78 is 0. The van der Waals surface area contributed by atoms with Gasteiger partial charge in [0, 0.05) is 17.9 Å². The zero-order valence-electron chi connectivity index (χ0n) is 9.13. The second-order valence-corrected chi connectivity index (χ2v) is 3.38. The summed E-state index contributed by atoms with van der Waals surface area (Å²) in [6.45, 7) is 4.79. The molecular formula is C11H17N3O. The number of hydrogen-bond acceptors (Lipinski definition) is 3. The summed E-state index contributed by atoms with van der Waals surface area (Å²) in [4.78, 5) is 11.2. The lowest BCUT2D eigenvalue weighted by atomic mass is 10.2. The van der Waals surface area contributed by atoms with Crippen molar-refractivity contribution in [2.45, 2.75) is 13.8 Å². The molecular weight excluding hydrogens is 190 g/mol. The van der Waals surface area contributed by atoms with E-state index in [1.165, 1.54) is 0 Å². The number of hydrogen-bond donors (Lipinski definition) is 3. The molecule has 0 spiro atoms. The minimum Gasteiger partial charge on any atom is -0.399 e. The van der Waals surface area contributed by atoms with Crippen molar-refractivity contribution in [3.05, 3.63) is 23.8 Å². The van der Waals surface area contributed by atoms with Gasteiger partial charge in [-0.25, -0.2) is 0 Å². The Morgan fingerprint density at radius 2 is 2.20 bits per heavy atom. The number of aryl methyl sites for hydroxylation is 1. The summed E-state index contributed by atoms with van der Waals surface area (Å²) in [7, 11) is 0. The van der Waals surface area contributed by atoms with Gasteiger partial charge < -0.3 is 16.4 Å². The number of nitrogens with two attached hydrogens (primary N) is 1. The van der Waals surface area contributed by atoms with Crippen LogP contribution in [0.3, 0.4) is 0 Å². The van der Waals surface area contributed by atoms with Crippen LogP contribution in [0.25, 0.3) is 0 Å². The van der Waals surface area contributed by atoms with E-state index in [1.807, 2.05) is 32.0 Å². The summed E-state index contributed by atoms with van der Waals surface area (Å²) in [6, 6.07) is 5.57. The third-order valence-corrected chi connectivity index (χ3v) is 2.06. The van der Waals surface area contributed by atoms with Crippen LogP contribution in [-0.4, -0.2) is 19.0 Å². The largest absolute Gasteiger partial charge is 0.399 e. The zero-order valence-corrected chi connectivity index (χ0v) is 9.13. The average molecular weight is 207 g/mol. The molecule has 4 N–H and O–H groups in total. The summed E-state index contributed by atoms with van der Waals surface area (Å²) >= 11 is 0. The summed E-state index contributed by atoms with van der Waals surface area (Å²) in [5.74, 6) is -0.00581. The molecule has 0 aliphatic carbocycles. The minimum absolute atomic E-state index is 0.00581. The molecule has 15 heavy (non-hydrogen) atoms. The fraction of sp³-hybridized carbons (Fsp3) is 0.364. The van der Waals surface area contributed by atoms with Gasteiger partial charge >= 0.3 is 0 Å². The lowest BCUT2D eigenvalue weighted by Gasteiger charge is -2.09. The van der Waals surface area contributed by atoms with Crippen LogP contribution in [0.1, 0.15) is 12.5 Å². The van der Waals surface area contributed by atoms with Crippen LogP contribution in [0, 0.1) is 6.92 Å². The molecule has 0 aliphatic heterocycles. The number of anilines is 2. The van der Waals surface area contributed by atoms with E-state index in [2.05, 4.69) is 10.6 Å². The predicted molar refractivity (Wildman–Crippen MR) is 62.8 cm³/mol. The number of nitrogens with one attached hydrogen (secondary N) is 2. The van der Waals surface area contributed by atoms with Gasteiger partial charge in [0.25, 0.3) is 0 Å². The highest BCUT2D eigenvalue weighted by Gasteiger charge is 2.01. The Labute approximate surface area is 89.9 Å². The van der Waals surface area contributed by atoms with Crippen LogP contribution in [0.5, 0.6) is 0 Å². The molecule has 0 aliphatic rings. The molecule has 82 valence electrons. The van der Waals surface area contributed by atoms with Crippen molar-refractivity contribution in [3.8, 4) is 0 Å². The number of rotatable bonds is 4. The molecule has 0 saturated heterocycles. The molecule has 0 atom stereocenters. The molecule has 4 heteroatoms. The smallest absolute Gasteiger partial charge is 0.239 e. The molecule has 0 unspecified atom stereocenters. The summed E-state index contributed by atoms with van der Waals surface area (Å²) in [6.07, 6.45) is 0. The highest BCUT2D eigenvalue weighted by atomic mass is 16.1. The van der Waals surface area contributed by atoms with Crippen molar-refractivity contribution in [2.24, 2.45) is 0 Å². The molecule has 0 fully saturated rings. The van der Waals surface area contributed by atoms with Crippen LogP contribution in [0.15, 0.2) is 18.2 Å². The van der Waals surface area contributed by atoms with Gasteiger partial charge in [-0.15, -0.1) is 0 Å². The Morgan fingerprint density at radius 3 is 2.80 bits per heavy atom. The maximum absolute atomic E-state index is 11.2. The molecule has 0 saturated carbocycles. The number of carbonyl (C=O) groups is 1. The van der Waals surface area contributed by atoms with E-state index in [0.29, 0.717) is 13.1 Å². The Balaban J connectivity index is 2.54. The van der Waals surface area contributed by atoms with Gasteiger partial charge in [0.05, 0.1) is 6.54 Å². The second kappa shape index (κ2) is 5.24. The number of benzene rings is 1. The lowest BCUT2D eigenvalue weighted by Crippen LogP contribution is -2.29. The average Bonchev–Trinajstić information content (AvgIpc) is 2.17. The highest BCUT2D eigenvalue weighted by molar-refractivity contribution is 5.81. The van der Waals surface area contributed by atoms with Gasteiger partial charge in [-0.1, -0.05) is 0 Å². The van der Waals surface area contributed by atoms with E-state index in [0.717, 1.165) is 16.9 Å². The van der Waals surface area contributed by atoms with E-state index in [1.54, 1.807) is 0 Å². The van der Waals surface area contributed by atoms with Gasteiger partial charge in [-0.05, 0) is 37.6 Å². The van der Waals surface area contributed by atoms with Crippen LogP contribution >= 0.6 is 0 Å². The molecule has 0 heterocycles. The molecule has 4 nitrogen and oxygen atoms in total. The van der Waals surface area contributed by atoms with Gasteiger partial charge in [-0.2, -0.15) is 0 Å². The molecule has 1 rings (SSSR count). The Hall–Kier alpha value is -1.71. The van der Waals surface area contributed by atoms with Gasteiger partial charge in [0.1, 0.15) is 0 Å². The number of amides is 1. The third kappa shape index (κ3) is 3.50. The number of nitrogen functional groups attached to an aromatic ring is 1. The lowest BCUT2D eigenvalue weighted by molar-refractivity contribution is -0.119. The monoisotopic (exact) mass is 207 g/mol. The van der Waals surface area contributed by atoms with Gasteiger partial charge in [0.15, 0.2) is 0 Å². The van der Waals surface area contributed by atoms with Crippen LogP contribution in [0.4, 0.5) is 11.4 Å². The fourth-order valence-corrected chi connectivity index (χ4v) is 1.32. The van der Waals surface area contributed by atoms with E-state index in [-0.39, 0.29) is 5.91 Å². The molecule has 1 amide bonds. The van der Waals surface area contributed by atoms with Crippen LogP contribution < -0.4 is 16.4 Å². The van der Waals surface area contributed by atoms with E-state index < -0.39 is 0 Å². The van der Waals surface area contributed by atoms with Crippen molar-refractivity contribution in [1.29, 1.82) is 0 Å². The summed E-state index contributed by atoms with van der Waals surface area (Å²) in [5, 5.41) is 5.78. The van der Waals surface area contributed by atoms with Crippen LogP contribution in [-0.2, 0) is 4.79 Å². The number of carbonyl (C=O) groups excluding carboxylic acids is 1. The Kier molecular flexibility index (Phi) is 3.97. The zero-order chi connectivity index (χ0) is 11.3. The summed E-state index contributed by atoms with van der Waals surface area (Å²) in [5.41, 5.74) is 8.34. The topological polar surface area (TPSA) is 67.2 Å². The first-order valence-electron chi connectivity index (χ1n) is 5.00. The Morgan fingerprint density at radius 1 is 1.47 bits per heavy atom. The van der Waals surface area contributed by atoms with Crippen molar-refractivity contribution < 1.29 is 4.79 Å². The first-order chi connectivity index (χ1) is 7.13. The first kappa shape index (κ1) is 11.4. The van der Waals surface area contributed by atoms with Gasteiger partial charge in [-0.3, -0.25) is 4.79 Å². The maximum Gasteiger partial charge on any atom is 0.239 e. The van der Waals surface area contributed by atoms with Crippen molar-refractivity contribution >= 4 is 17.3 Å². The quantitative estimate of drug-likeness (QED) is 0.648. The fourth-order valence-electron chi connectivity index (χ4n) is 1.32. The second-order valence-electron chi connectivity index (χ2n) is 3.38. The maximum atomic E-state index is 11.2. The standard InChI is InChI=1S/C11H17N3O/c1-3-13-11(15)7-14-10-5-4-9(12)6-8(10)2/h4-6,14H,3,7,12H2,1-2H3,(H,13,15). The molecule has 0 radical (unpaired) electrons. The minimum atomic E-state index is -0.00581. The normalized spacial score (nSPS) is 9.73. The molecule has 0 aromatic heterocycles. The highest BCUT2D eigenvalue weighted by Crippen LogP contribution is 2.16. The van der Waals surface area contributed by atoms with E-state index >= 15 is 0 Å². The van der Waals surface area contributed by atoms with Crippen molar-refractivity contribution in [2.75, 3.05) is 24.1 Å². The molecule has 1 aromatic rings. The number of likely N-dealkylation sites (N-methyl/N-ethyl adjacent to an activating group) is 1. The third-order valence-electron chi connectivity index (χ3n) is 2.06. The van der Waals surface area contributed by atoms with Gasteiger partial charge in [0.2, 0.25) is 5.91 Å². The van der Waals surface area contributed by atoms with Crippen LogP contribution in [0.2, 0.25) is 0 Å². The SMILES string of the molecule is CCNC(=O)CNc1ccc(N)cc1C. The Bertz CT molecular complexity index is 350. The molecule has 0 bridgehead atoms. The van der Waals surface area contributed by atoms with E-state index in [9.17, 15) is 4.79 Å².